The van der Waals surface area contributed by atoms with Crippen molar-refractivity contribution < 1.29 is 9.90 Å². The number of aliphatic hydroxyl groups is 1. The van der Waals surface area contributed by atoms with Crippen molar-refractivity contribution >= 4 is 21.8 Å². The summed E-state index contributed by atoms with van der Waals surface area (Å²) in [6, 6.07) is 0. The van der Waals surface area contributed by atoms with Gasteiger partial charge in [-0.05, 0) is 63.7 Å². The highest BCUT2D eigenvalue weighted by molar-refractivity contribution is 9.10. The van der Waals surface area contributed by atoms with Gasteiger partial charge in [0.15, 0.2) is 0 Å². The molecule has 4 heteroatoms. The Morgan fingerprint density at radius 3 is 2.55 bits per heavy atom. The number of aliphatic hydroxyl groups excluding tert-OH is 1. The zero-order valence-corrected chi connectivity index (χ0v) is 14.3. The predicted octanol–water partition coefficient (Wildman–Crippen LogP) is 3.00. The van der Waals surface area contributed by atoms with Crippen LogP contribution in [0, 0.1) is 16.7 Å². The van der Waals surface area contributed by atoms with Gasteiger partial charge in [0.2, 0.25) is 5.91 Å². The lowest BCUT2D eigenvalue weighted by molar-refractivity contribution is -0.153. The van der Waals surface area contributed by atoms with Crippen molar-refractivity contribution in [2.45, 2.75) is 69.2 Å². The van der Waals surface area contributed by atoms with Gasteiger partial charge in [0.25, 0.3) is 0 Å². The molecule has 4 saturated carbocycles. The van der Waals surface area contributed by atoms with Crippen LogP contribution in [-0.4, -0.2) is 27.5 Å². The molecule has 4 aliphatic rings. The molecule has 0 heterocycles. The molecule has 0 radical (unpaired) electrons. The lowest BCUT2D eigenvalue weighted by Gasteiger charge is -2.63. The Bertz CT molecular complexity index is 430. The van der Waals surface area contributed by atoms with Crippen molar-refractivity contribution in [1.82, 2.24) is 5.32 Å². The molecule has 0 aromatic rings. The maximum atomic E-state index is 12.9. The molecular weight excluding hydrogens is 318 g/mol. The van der Waals surface area contributed by atoms with Gasteiger partial charge in [-0.25, -0.2) is 0 Å². The average Bonchev–Trinajstić information content (AvgIpc) is 2.23. The molecule has 4 bridgehead atoms. The van der Waals surface area contributed by atoms with Gasteiger partial charge in [-0.2, -0.15) is 0 Å². The number of carbonyl (C=O) groups is 1. The monoisotopic (exact) mass is 343 g/mol. The van der Waals surface area contributed by atoms with E-state index in [1.165, 1.54) is 19.3 Å². The minimum atomic E-state index is -0.527. The molecule has 3 nitrogen and oxygen atoms in total. The van der Waals surface area contributed by atoms with Crippen molar-refractivity contribution in [3.05, 3.63) is 0 Å². The van der Waals surface area contributed by atoms with Gasteiger partial charge >= 0.3 is 0 Å². The number of rotatable bonds is 3. The number of amides is 1. The fraction of sp³-hybridized carbons (Fsp3) is 0.938. The molecule has 4 atom stereocenters. The average molecular weight is 344 g/mol. The summed E-state index contributed by atoms with van der Waals surface area (Å²) in [6.45, 7) is 6.11. The lowest BCUT2D eigenvalue weighted by atomic mass is 9.44. The van der Waals surface area contributed by atoms with Crippen LogP contribution in [0.5, 0.6) is 0 Å². The second-order valence-electron chi connectivity index (χ2n) is 8.75. The molecule has 4 fully saturated rings. The molecule has 2 N–H and O–H groups in total. The molecule has 0 aromatic heterocycles. The zero-order valence-electron chi connectivity index (χ0n) is 12.8. The summed E-state index contributed by atoms with van der Waals surface area (Å²) in [5, 5.41) is 12.5. The van der Waals surface area contributed by atoms with E-state index in [-0.39, 0.29) is 22.3 Å². The third-order valence-electron chi connectivity index (χ3n) is 5.61. The molecule has 4 aliphatic carbocycles. The van der Waals surface area contributed by atoms with E-state index in [0.717, 1.165) is 19.3 Å². The molecule has 114 valence electrons. The predicted molar refractivity (Wildman–Crippen MR) is 82.7 cm³/mol. The Balaban J connectivity index is 1.87. The van der Waals surface area contributed by atoms with E-state index < -0.39 is 5.54 Å². The van der Waals surface area contributed by atoms with Gasteiger partial charge in [0, 0.05) is 4.32 Å². The highest BCUT2D eigenvalue weighted by Crippen LogP contribution is 2.68. The number of nitrogens with one attached hydrogen (secondary N) is 1. The molecular formula is C16H26BrNO2. The normalized spacial score (nSPS) is 46.5. The van der Waals surface area contributed by atoms with Crippen molar-refractivity contribution in [1.29, 1.82) is 0 Å². The van der Waals surface area contributed by atoms with Crippen molar-refractivity contribution in [3.63, 3.8) is 0 Å². The first-order chi connectivity index (χ1) is 9.10. The molecule has 1 amide bonds. The quantitative estimate of drug-likeness (QED) is 0.774. The summed E-state index contributed by atoms with van der Waals surface area (Å²) in [7, 11) is 0. The first-order valence-corrected chi connectivity index (χ1v) is 8.51. The van der Waals surface area contributed by atoms with Gasteiger partial charge in [0.05, 0.1) is 17.6 Å². The Hall–Kier alpha value is -0.0900. The van der Waals surface area contributed by atoms with Crippen LogP contribution in [0.25, 0.3) is 0 Å². The molecule has 20 heavy (non-hydrogen) atoms. The number of hydrogen-bond acceptors (Lipinski definition) is 2. The molecule has 0 aliphatic heterocycles. The van der Waals surface area contributed by atoms with Gasteiger partial charge in [0.1, 0.15) is 0 Å². The fourth-order valence-corrected chi connectivity index (χ4v) is 7.20. The van der Waals surface area contributed by atoms with E-state index in [0.29, 0.717) is 11.3 Å². The number of hydrogen-bond donors (Lipinski definition) is 2. The van der Waals surface area contributed by atoms with E-state index in [9.17, 15) is 9.90 Å². The lowest BCUT2D eigenvalue weighted by Crippen LogP contribution is -2.63. The fourth-order valence-electron chi connectivity index (χ4n) is 5.52. The van der Waals surface area contributed by atoms with Gasteiger partial charge < -0.3 is 10.4 Å². The topological polar surface area (TPSA) is 49.3 Å². The van der Waals surface area contributed by atoms with Crippen LogP contribution >= 0.6 is 15.9 Å². The standard InChI is InChI=1S/C16H26BrNO2/c1-13(2,10-19)18-12(20)15-5-11-4-14(3,7-15)8-16(17,6-11)9-15/h11,19H,4-10H2,1-3H3,(H,18,20)/t11-,14-,15-,16-/m1/s1. The number of alkyl halides is 1. The van der Waals surface area contributed by atoms with Crippen molar-refractivity contribution in [2.75, 3.05) is 6.61 Å². The van der Waals surface area contributed by atoms with Crippen LogP contribution in [-0.2, 0) is 4.79 Å². The number of carbonyl (C=O) groups excluding carboxylic acids is 1. The Morgan fingerprint density at radius 1 is 1.30 bits per heavy atom. The van der Waals surface area contributed by atoms with Gasteiger partial charge in [-0.15, -0.1) is 0 Å². The van der Waals surface area contributed by atoms with E-state index >= 15 is 0 Å². The maximum Gasteiger partial charge on any atom is 0.226 e. The maximum absolute atomic E-state index is 12.9. The summed E-state index contributed by atoms with van der Waals surface area (Å²) < 4.78 is 0.169. The molecule has 0 aromatic carbocycles. The van der Waals surface area contributed by atoms with Crippen LogP contribution in [0.1, 0.15) is 59.3 Å². The van der Waals surface area contributed by atoms with E-state index in [2.05, 4.69) is 28.2 Å². The minimum absolute atomic E-state index is 0.0189. The van der Waals surface area contributed by atoms with Crippen molar-refractivity contribution in [3.8, 4) is 0 Å². The highest BCUT2D eigenvalue weighted by Gasteiger charge is 2.63. The van der Waals surface area contributed by atoms with Crippen LogP contribution in [0.15, 0.2) is 0 Å². The van der Waals surface area contributed by atoms with Gasteiger partial charge in [-0.3, -0.25) is 4.79 Å². The van der Waals surface area contributed by atoms with Crippen molar-refractivity contribution in [2.24, 2.45) is 16.7 Å². The second-order valence-corrected chi connectivity index (χ2v) is 10.4. The second kappa shape index (κ2) is 4.22. The van der Waals surface area contributed by atoms with Crippen LogP contribution in [0.2, 0.25) is 0 Å². The SMILES string of the molecule is CC(C)(CO)NC(=O)[C@@]12C[C@H]3C[C@@](C)(C[C@](Br)(C3)C1)C2. The van der Waals surface area contributed by atoms with Crippen LogP contribution in [0.4, 0.5) is 0 Å². The highest BCUT2D eigenvalue weighted by atomic mass is 79.9. The first-order valence-electron chi connectivity index (χ1n) is 7.72. The molecule has 0 saturated heterocycles. The largest absolute Gasteiger partial charge is 0.394 e. The summed E-state index contributed by atoms with van der Waals surface area (Å²) >= 11 is 3.96. The zero-order chi connectivity index (χ0) is 14.8. The Labute approximate surface area is 130 Å². The number of halogens is 1. The van der Waals surface area contributed by atoms with E-state index in [4.69, 9.17) is 0 Å². The first kappa shape index (κ1) is 14.8. The Morgan fingerprint density at radius 2 is 2.00 bits per heavy atom. The van der Waals surface area contributed by atoms with E-state index in [1.54, 1.807) is 0 Å². The summed E-state index contributed by atoms with van der Waals surface area (Å²) in [4.78, 5) is 12.9. The third-order valence-corrected chi connectivity index (χ3v) is 6.49. The summed E-state index contributed by atoms with van der Waals surface area (Å²) in [5.41, 5.74) is -0.436. The van der Waals surface area contributed by atoms with Crippen LogP contribution in [0.3, 0.4) is 0 Å². The van der Waals surface area contributed by atoms with Crippen LogP contribution < -0.4 is 5.32 Å². The Kier molecular flexibility index (Phi) is 3.13. The molecule has 0 unspecified atom stereocenters. The third kappa shape index (κ3) is 2.33. The minimum Gasteiger partial charge on any atom is -0.394 e. The molecule has 0 spiro atoms. The van der Waals surface area contributed by atoms with Gasteiger partial charge in [-0.1, -0.05) is 22.9 Å². The summed E-state index contributed by atoms with van der Waals surface area (Å²) in [6.07, 6.45) is 6.70. The smallest absolute Gasteiger partial charge is 0.226 e. The van der Waals surface area contributed by atoms with E-state index in [1.807, 2.05) is 13.8 Å². The summed E-state index contributed by atoms with van der Waals surface area (Å²) in [5.74, 6) is 0.842. The molecule has 4 rings (SSSR count).